The van der Waals surface area contributed by atoms with Crippen LogP contribution in [0, 0.1) is 0 Å². The normalized spacial score (nSPS) is 10.7. The minimum absolute atomic E-state index is 0.0882. The molecule has 0 spiro atoms. The molecule has 80 valence electrons. The van der Waals surface area contributed by atoms with Gasteiger partial charge in [-0.25, -0.2) is 0 Å². The van der Waals surface area contributed by atoms with Gasteiger partial charge in [-0.1, -0.05) is 6.92 Å². The lowest BCUT2D eigenvalue weighted by Gasteiger charge is -2.01. The first kappa shape index (κ1) is 10.1. The van der Waals surface area contributed by atoms with Gasteiger partial charge >= 0.3 is 0 Å². The van der Waals surface area contributed by atoms with Crippen molar-refractivity contribution in [1.82, 2.24) is 19.9 Å². The lowest BCUT2D eigenvalue weighted by molar-refractivity contribution is -0.120. The summed E-state index contributed by atoms with van der Waals surface area (Å²) >= 11 is 1.56. The van der Waals surface area contributed by atoms with Crippen molar-refractivity contribution in [3.05, 3.63) is 17.4 Å². The predicted octanol–water partition coefficient (Wildman–Crippen LogP) is 0.859. The minimum Gasteiger partial charge on any atom is -0.356 e. The summed E-state index contributed by atoms with van der Waals surface area (Å²) in [7, 11) is 0. The average Bonchev–Trinajstić information content (AvgIpc) is 2.81. The van der Waals surface area contributed by atoms with Gasteiger partial charge in [0.05, 0.1) is 0 Å². The average molecular weight is 224 g/mol. The van der Waals surface area contributed by atoms with Crippen molar-refractivity contribution >= 4 is 22.2 Å². The van der Waals surface area contributed by atoms with Gasteiger partial charge in [-0.05, 0) is 0 Å². The van der Waals surface area contributed by atoms with Crippen molar-refractivity contribution in [2.45, 2.75) is 19.8 Å². The first-order valence-corrected chi connectivity index (χ1v) is 5.72. The molecule has 2 aromatic heterocycles. The fourth-order valence-corrected chi connectivity index (χ4v) is 2.16. The zero-order valence-electron chi connectivity index (χ0n) is 8.43. The Hall–Kier alpha value is -1.43. The van der Waals surface area contributed by atoms with Gasteiger partial charge < -0.3 is 5.32 Å². The molecule has 15 heavy (non-hydrogen) atoms. The molecule has 1 N–H and O–H groups in total. The molecular formula is C9H12N4OS. The molecule has 0 saturated heterocycles. The number of nitrogens with zero attached hydrogens (tertiary/aromatic N) is 3. The molecule has 1 amide bonds. The first-order valence-electron chi connectivity index (χ1n) is 4.84. The largest absolute Gasteiger partial charge is 0.356 e. The summed E-state index contributed by atoms with van der Waals surface area (Å²) in [6.07, 6.45) is 3.04. The zero-order chi connectivity index (χ0) is 10.7. The summed E-state index contributed by atoms with van der Waals surface area (Å²) < 4.78 is 1.95. The maximum atomic E-state index is 11.0. The molecule has 0 aromatic carbocycles. The maximum absolute atomic E-state index is 11.0. The fraction of sp³-hybridized carbons (Fsp3) is 0.444. The van der Waals surface area contributed by atoms with Crippen molar-refractivity contribution in [2.75, 3.05) is 6.54 Å². The summed E-state index contributed by atoms with van der Waals surface area (Å²) in [5, 5.41) is 12.6. The topological polar surface area (TPSA) is 59.3 Å². The van der Waals surface area contributed by atoms with Crippen LogP contribution in [0.1, 0.15) is 19.0 Å². The number of fused-ring (bicyclic) bond motifs is 1. The highest BCUT2D eigenvalue weighted by atomic mass is 32.1. The van der Waals surface area contributed by atoms with Gasteiger partial charge in [-0.15, -0.1) is 21.5 Å². The molecule has 0 aliphatic heterocycles. The standard InChI is InChI=1S/C9H12N4OS/c1-2-8(14)10-4-3-7-5-15-9-12-11-6-13(7)9/h5-6H,2-4H2,1H3,(H,10,14). The van der Waals surface area contributed by atoms with Gasteiger partial charge in [0.15, 0.2) is 0 Å². The van der Waals surface area contributed by atoms with Crippen LogP contribution in [-0.4, -0.2) is 27.0 Å². The summed E-state index contributed by atoms with van der Waals surface area (Å²) in [6, 6.07) is 0. The first-order chi connectivity index (χ1) is 7.31. The summed E-state index contributed by atoms with van der Waals surface area (Å²) in [4.78, 5) is 11.9. The molecule has 5 nitrogen and oxygen atoms in total. The van der Waals surface area contributed by atoms with E-state index in [9.17, 15) is 4.79 Å². The Morgan fingerprint density at radius 2 is 2.53 bits per heavy atom. The van der Waals surface area contributed by atoms with Crippen molar-refractivity contribution in [2.24, 2.45) is 0 Å². The highest BCUT2D eigenvalue weighted by molar-refractivity contribution is 7.15. The molecule has 0 saturated carbocycles. The Morgan fingerprint density at radius 1 is 1.67 bits per heavy atom. The molecule has 6 heteroatoms. The molecule has 0 radical (unpaired) electrons. The van der Waals surface area contributed by atoms with Crippen LogP contribution in [0.4, 0.5) is 0 Å². The van der Waals surface area contributed by atoms with E-state index in [1.807, 2.05) is 16.7 Å². The van der Waals surface area contributed by atoms with Crippen molar-refractivity contribution in [3.63, 3.8) is 0 Å². The molecule has 2 heterocycles. The number of rotatable bonds is 4. The summed E-state index contributed by atoms with van der Waals surface area (Å²) in [5.41, 5.74) is 1.14. The van der Waals surface area contributed by atoms with E-state index in [4.69, 9.17) is 0 Å². The van der Waals surface area contributed by atoms with Crippen LogP contribution in [0.2, 0.25) is 0 Å². The molecule has 2 aromatic rings. The SMILES string of the molecule is CCC(=O)NCCc1csc2nncn12. The second-order valence-corrected chi connectivity index (χ2v) is 4.00. The number of carbonyl (C=O) groups excluding carboxylic acids is 1. The molecule has 0 unspecified atom stereocenters. The molecule has 0 aliphatic carbocycles. The number of nitrogens with one attached hydrogen (secondary N) is 1. The van der Waals surface area contributed by atoms with E-state index in [0.29, 0.717) is 13.0 Å². The Bertz CT molecular complexity index is 461. The number of amides is 1. The van der Waals surface area contributed by atoms with E-state index in [-0.39, 0.29) is 5.91 Å². The van der Waals surface area contributed by atoms with Gasteiger partial charge in [0.2, 0.25) is 10.9 Å². The summed E-state index contributed by atoms with van der Waals surface area (Å²) in [6.45, 7) is 2.51. The van der Waals surface area contributed by atoms with Gasteiger partial charge in [-0.2, -0.15) is 0 Å². The van der Waals surface area contributed by atoms with Crippen LogP contribution in [0.3, 0.4) is 0 Å². The van der Waals surface area contributed by atoms with Crippen LogP contribution < -0.4 is 5.32 Å². The van der Waals surface area contributed by atoms with Gasteiger partial charge in [0.1, 0.15) is 6.33 Å². The minimum atomic E-state index is 0.0882. The van der Waals surface area contributed by atoms with Crippen LogP contribution in [0.15, 0.2) is 11.7 Å². The second-order valence-electron chi connectivity index (χ2n) is 3.16. The predicted molar refractivity (Wildman–Crippen MR) is 57.9 cm³/mol. The lowest BCUT2D eigenvalue weighted by Crippen LogP contribution is -2.24. The Kier molecular flexibility index (Phi) is 2.96. The van der Waals surface area contributed by atoms with E-state index in [0.717, 1.165) is 17.1 Å². The van der Waals surface area contributed by atoms with Gasteiger partial charge in [0.25, 0.3) is 0 Å². The molecule has 0 atom stereocenters. The zero-order valence-corrected chi connectivity index (χ0v) is 9.25. The van der Waals surface area contributed by atoms with E-state index in [1.165, 1.54) is 0 Å². The Labute approximate surface area is 91.1 Å². The second kappa shape index (κ2) is 4.39. The quantitative estimate of drug-likeness (QED) is 0.838. The number of thiazole rings is 1. The Morgan fingerprint density at radius 3 is 3.33 bits per heavy atom. The van der Waals surface area contributed by atoms with Crippen LogP contribution in [-0.2, 0) is 11.2 Å². The number of aromatic nitrogens is 3. The number of carbonyl (C=O) groups is 1. The van der Waals surface area contributed by atoms with E-state index < -0.39 is 0 Å². The van der Waals surface area contributed by atoms with E-state index >= 15 is 0 Å². The monoisotopic (exact) mass is 224 g/mol. The molecule has 0 aliphatic rings. The Balaban J connectivity index is 1.95. The molecule has 0 bridgehead atoms. The third-order valence-electron chi connectivity index (χ3n) is 2.15. The molecule has 2 rings (SSSR count). The van der Waals surface area contributed by atoms with Crippen LogP contribution >= 0.6 is 11.3 Å². The van der Waals surface area contributed by atoms with Crippen LogP contribution in [0.25, 0.3) is 4.96 Å². The van der Waals surface area contributed by atoms with Gasteiger partial charge in [0, 0.05) is 30.5 Å². The van der Waals surface area contributed by atoms with Gasteiger partial charge in [-0.3, -0.25) is 9.20 Å². The number of hydrogen-bond acceptors (Lipinski definition) is 4. The van der Waals surface area contributed by atoms with Crippen molar-refractivity contribution in [1.29, 1.82) is 0 Å². The smallest absolute Gasteiger partial charge is 0.219 e. The molecular weight excluding hydrogens is 212 g/mol. The third-order valence-corrected chi connectivity index (χ3v) is 3.03. The number of hydrogen-bond donors (Lipinski definition) is 1. The summed E-state index contributed by atoms with van der Waals surface area (Å²) in [5.74, 6) is 0.0882. The lowest BCUT2D eigenvalue weighted by atomic mass is 10.3. The van der Waals surface area contributed by atoms with Crippen LogP contribution in [0.5, 0.6) is 0 Å². The van der Waals surface area contributed by atoms with E-state index in [2.05, 4.69) is 15.5 Å². The fourth-order valence-electron chi connectivity index (χ4n) is 1.31. The van der Waals surface area contributed by atoms with Crippen molar-refractivity contribution < 1.29 is 4.79 Å². The highest BCUT2D eigenvalue weighted by Crippen LogP contribution is 2.13. The van der Waals surface area contributed by atoms with Crippen molar-refractivity contribution in [3.8, 4) is 0 Å². The highest BCUT2D eigenvalue weighted by Gasteiger charge is 2.04. The van der Waals surface area contributed by atoms with E-state index in [1.54, 1.807) is 17.7 Å². The maximum Gasteiger partial charge on any atom is 0.219 e. The molecule has 0 fully saturated rings. The third kappa shape index (κ3) is 2.15.